The normalized spacial score (nSPS) is 28.4. The van der Waals surface area contributed by atoms with Gasteiger partial charge in [-0.1, -0.05) is 38.5 Å². The number of nitrogens with one attached hydrogen (secondary N) is 1. The SMILES string of the molecule is S=C1NCN(C2CCCCC2)CN1C1CCCCC1. The summed E-state index contributed by atoms with van der Waals surface area (Å²) in [5.41, 5.74) is 0. The molecular weight excluding hydrogens is 254 g/mol. The lowest BCUT2D eigenvalue weighted by molar-refractivity contribution is 0.0572. The van der Waals surface area contributed by atoms with Crippen LogP contribution >= 0.6 is 12.2 Å². The van der Waals surface area contributed by atoms with E-state index in [4.69, 9.17) is 12.2 Å². The summed E-state index contributed by atoms with van der Waals surface area (Å²) in [7, 11) is 0. The fraction of sp³-hybridized carbons (Fsp3) is 0.933. The molecule has 4 heteroatoms. The maximum absolute atomic E-state index is 5.55. The highest BCUT2D eigenvalue weighted by molar-refractivity contribution is 7.80. The van der Waals surface area contributed by atoms with Gasteiger partial charge in [-0.2, -0.15) is 0 Å². The molecule has 108 valence electrons. The van der Waals surface area contributed by atoms with Crippen molar-refractivity contribution in [2.45, 2.75) is 76.3 Å². The van der Waals surface area contributed by atoms with Crippen LogP contribution in [0.15, 0.2) is 0 Å². The average Bonchev–Trinajstić information content (AvgIpc) is 2.49. The fourth-order valence-corrected chi connectivity index (χ4v) is 4.22. The van der Waals surface area contributed by atoms with Crippen molar-refractivity contribution in [3.8, 4) is 0 Å². The second-order valence-electron chi connectivity index (χ2n) is 6.42. The molecule has 1 aliphatic heterocycles. The number of hydrogen-bond acceptors (Lipinski definition) is 2. The van der Waals surface area contributed by atoms with E-state index in [0.717, 1.165) is 24.5 Å². The Balaban J connectivity index is 1.60. The first-order valence-electron chi connectivity index (χ1n) is 8.13. The van der Waals surface area contributed by atoms with Crippen molar-refractivity contribution < 1.29 is 0 Å². The van der Waals surface area contributed by atoms with Crippen LogP contribution in [0, 0.1) is 0 Å². The number of hydrogen-bond donors (Lipinski definition) is 1. The summed E-state index contributed by atoms with van der Waals surface area (Å²) < 4.78 is 0. The van der Waals surface area contributed by atoms with E-state index in [0.29, 0.717) is 6.04 Å². The molecule has 2 saturated carbocycles. The van der Waals surface area contributed by atoms with Gasteiger partial charge in [0.1, 0.15) is 0 Å². The molecule has 1 N–H and O–H groups in total. The van der Waals surface area contributed by atoms with Gasteiger partial charge >= 0.3 is 0 Å². The highest BCUT2D eigenvalue weighted by atomic mass is 32.1. The minimum atomic E-state index is 0.695. The molecule has 3 aliphatic rings. The summed E-state index contributed by atoms with van der Waals surface area (Å²) in [4.78, 5) is 5.11. The molecule has 0 radical (unpaired) electrons. The molecule has 0 amide bonds. The summed E-state index contributed by atoms with van der Waals surface area (Å²) in [5, 5.41) is 4.46. The third-order valence-corrected chi connectivity index (χ3v) is 5.51. The van der Waals surface area contributed by atoms with Crippen LogP contribution in [-0.2, 0) is 0 Å². The van der Waals surface area contributed by atoms with Crippen LogP contribution in [0.25, 0.3) is 0 Å². The lowest BCUT2D eigenvalue weighted by atomic mass is 9.93. The minimum Gasteiger partial charge on any atom is -0.350 e. The topological polar surface area (TPSA) is 18.5 Å². The van der Waals surface area contributed by atoms with Crippen molar-refractivity contribution >= 4 is 17.3 Å². The Labute approximate surface area is 122 Å². The van der Waals surface area contributed by atoms with Crippen LogP contribution in [0.4, 0.5) is 0 Å². The lowest BCUT2D eigenvalue weighted by Gasteiger charge is -2.46. The van der Waals surface area contributed by atoms with Gasteiger partial charge < -0.3 is 10.2 Å². The zero-order chi connectivity index (χ0) is 13.1. The van der Waals surface area contributed by atoms with Crippen LogP contribution < -0.4 is 5.32 Å². The highest BCUT2D eigenvalue weighted by Crippen LogP contribution is 2.27. The van der Waals surface area contributed by atoms with E-state index in [2.05, 4.69) is 15.1 Å². The molecule has 1 heterocycles. The second kappa shape index (κ2) is 6.40. The van der Waals surface area contributed by atoms with E-state index in [1.807, 2.05) is 0 Å². The Hall–Kier alpha value is -0.350. The predicted molar refractivity (Wildman–Crippen MR) is 82.9 cm³/mol. The third kappa shape index (κ3) is 3.22. The Morgan fingerprint density at radius 3 is 2.05 bits per heavy atom. The predicted octanol–water partition coefficient (Wildman–Crippen LogP) is 3.06. The number of thiocarbonyl (C=S) groups is 1. The summed E-state index contributed by atoms with van der Waals surface area (Å²) in [6, 6.07) is 1.48. The van der Waals surface area contributed by atoms with Crippen LogP contribution in [0.2, 0.25) is 0 Å². The van der Waals surface area contributed by atoms with Crippen LogP contribution in [0.5, 0.6) is 0 Å². The maximum atomic E-state index is 5.55. The van der Waals surface area contributed by atoms with Gasteiger partial charge in [-0.15, -0.1) is 0 Å². The molecule has 0 aromatic heterocycles. The van der Waals surface area contributed by atoms with Crippen molar-refractivity contribution in [3.05, 3.63) is 0 Å². The van der Waals surface area contributed by atoms with Gasteiger partial charge in [-0.25, -0.2) is 0 Å². The Kier molecular flexibility index (Phi) is 4.59. The third-order valence-electron chi connectivity index (χ3n) is 5.13. The zero-order valence-electron chi connectivity index (χ0n) is 11.9. The van der Waals surface area contributed by atoms with E-state index >= 15 is 0 Å². The van der Waals surface area contributed by atoms with Crippen LogP contribution in [0.1, 0.15) is 64.2 Å². The van der Waals surface area contributed by atoms with Crippen molar-refractivity contribution in [1.29, 1.82) is 0 Å². The molecule has 3 rings (SSSR count). The van der Waals surface area contributed by atoms with E-state index in [9.17, 15) is 0 Å². The van der Waals surface area contributed by atoms with Crippen molar-refractivity contribution in [2.24, 2.45) is 0 Å². The Morgan fingerprint density at radius 1 is 0.842 bits per heavy atom. The summed E-state index contributed by atoms with van der Waals surface area (Å²) in [5.74, 6) is 0. The molecule has 19 heavy (non-hydrogen) atoms. The molecule has 0 atom stereocenters. The monoisotopic (exact) mass is 281 g/mol. The van der Waals surface area contributed by atoms with E-state index in [1.54, 1.807) is 0 Å². The molecule has 3 fully saturated rings. The van der Waals surface area contributed by atoms with Gasteiger partial charge in [-0.3, -0.25) is 4.90 Å². The van der Waals surface area contributed by atoms with Gasteiger partial charge in [0.25, 0.3) is 0 Å². The first-order valence-corrected chi connectivity index (χ1v) is 8.54. The molecule has 0 aromatic carbocycles. The number of rotatable bonds is 2. The standard InChI is InChI=1S/C15H27N3S/c19-15-16-11-17(13-7-3-1-4-8-13)12-18(15)14-9-5-2-6-10-14/h13-14H,1-12H2,(H,16,19). The molecule has 0 bridgehead atoms. The second-order valence-corrected chi connectivity index (χ2v) is 6.81. The number of nitrogens with zero attached hydrogens (tertiary/aromatic N) is 2. The van der Waals surface area contributed by atoms with E-state index in [-0.39, 0.29) is 0 Å². The molecule has 0 aromatic rings. The molecule has 0 spiro atoms. The summed E-state index contributed by atoms with van der Waals surface area (Å²) in [6.07, 6.45) is 13.9. The maximum Gasteiger partial charge on any atom is 0.171 e. The van der Waals surface area contributed by atoms with Gasteiger partial charge in [-0.05, 0) is 37.9 Å². The smallest absolute Gasteiger partial charge is 0.171 e. The lowest BCUT2D eigenvalue weighted by Crippen LogP contribution is -2.61. The van der Waals surface area contributed by atoms with Gasteiger partial charge in [0.2, 0.25) is 0 Å². The van der Waals surface area contributed by atoms with Gasteiger partial charge in [0, 0.05) is 12.1 Å². The zero-order valence-corrected chi connectivity index (χ0v) is 12.8. The Morgan fingerprint density at radius 2 is 1.42 bits per heavy atom. The summed E-state index contributed by atoms with van der Waals surface area (Å²) in [6.45, 7) is 2.04. The van der Waals surface area contributed by atoms with Crippen molar-refractivity contribution in [3.63, 3.8) is 0 Å². The highest BCUT2D eigenvalue weighted by Gasteiger charge is 2.31. The van der Waals surface area contributed by atoms with Crippen molar-refractivity contribution in [1.82, 2.24) is 15.1 Å². The van der Waals surface area contributed by atoms with Crippen LogP contribution in [-0.4, -0.2) is 40.3 Å². The first kappa shape index (κ1) is 13.6. The fourth-order valence-electron chi connectivity index (χ4n) is 3.95. The molecule has 0 unspecified atom stereocenters. The van der Waals surface area contributed by atoms with Gasteiger partial charge in [0.15, 0.2) is 5.11 Å². The molecule has 3 nitrogen and oxygen atoms in total. The van der Waals surface area contributed by atoms with Crippen LogP contribution in [0.3, 0.4) is 0 Å². The Bertz CT molecular complexity index is 309. The average molecular weight is 281 g/mol. The molecule has 2 aliphatic carbocycles. The van der Waals surface area contributed by atoms with Crippen molar-refractivity contribution in [2.75, 3.05) is 13.3 Å². The molecular formula is C15H27N3S. The molecule has 1 saturated heterocycles. The largest absolute Gasteiger partial charge is 0.350 e. The summed E-state index contributed by atoms with van der Waals surface area (Å²) >= 11 is 5.55. The quantitative estimate of drug-likeness (QED) is 0.784. The minimum absolute atomic E-state index is 0.695. The van der Waals surface area contributed by atoms with E-state index < -0.39 is 0 Å². The first-order chi connectivity index (χ1) is 9.34. The van der Waals surface area contributed by atoms with Gasteiger partial charge in [0.05, 0.1) is 13.3 Å². The van der Waals surface area contributed by atoms with E-state index in [1.165, 1.54) is 64.2 Å².